The van der Waals surface area contributed by atoms with Gasteiger partial charge in [0.05, 0.1) is 5.75 Å². The summed E-state index contributed by atoms with van der Waals surface area (Å²) in [6, 6.07) is 0. The quantitative estimate of drug-likeness (QED) is 0.0675. The summed E-state index contributed by atoms with van der Waals surface area (Å²) in [5.41, 5.74) is 5.35. The molecule has 1 rings (SSSR count). The van der Waals surface area contributed by atoms with Crippen LogP contribution in [0, 0.1) is 17.8 Å². The van der Waals surface area contributed by atoms with Crippen LogP contribution in [0.1, 0.15) is 169 Å². The fraction of sp³-hybridized carbons (Fsp3) is 0.861. The van der Waals surface area contributed by atoms with E-state index in [-0.39, 0.29) is 47.5 Å². The molecule has 0 spiro atoms. The average Bonchev–Trinajstić information content (AvgIpc) is 3.58. The largest absolute Gasteiger partial charge is 0.369 e. The SMILES string of the molecule is CCCC(=O)NCCCC[C@H](C)C(=O)C[C@H](C(N)=O)C(C)C.CCS(=O)(=O)NC(=O)CCCCCCCCCCCCCCCc1nn[nH]n1. The number of ketones is 1. The number of tetrazole rings is 1. The predicted octanol–water partition coefficient (Wildman–Crippen LogP) is 6.10. The minimum absolute atomic E-state index is 0.0553. The molecule has 0 aliphatic carbocycles. The lowest BCUT2D eigenvalue weighted by Gasteiger charge is -2.18. The number of sulfonamides is 1. The summed E-state index contributed by atoms with van der Waals surface area (Å²) in [6.07, 6.45) is 20.9. The first-order valence-corrected chi connectivity index (χ1v) is 20.8. The molecular formula is C36H69N7O6S. The van der Waals surface area contributed by atoms with Gasteiger partial charge in [-0.15, -0.1) is 10.2 Å². The number of carbonyl (C=O) groups is 4. The van der Waals surface area contributed by atoms with Crippen LogP contribution in [0.15, 0.2) is 0 Å². The molecule has 1 heterocycles. The molecule has 0 unspecified atom stereocenters. The van der Waals surface area contributed by atoms with Crippen LogP contribution in [-0.4, -0.2) is 64.8 Å². The summed E-state index contributed by atoms with van der Waals surface area (Å²) in [6.45, 7) is 9.88. The molecule has 0 radical (unpaired) electrons. The minimum Gasteiger partial charge on any atom is -0.369 e. The molecule has 5 N–H and O–H groups in total. The molecule has 0 saturated carbocycles. The van der Waals surface area contributed by atoms with Crippen molar-refractivity contribution in [3.05, 3.63) is 5.82 Å². The van der Waals surface area contributed by atoms with Crippen LogP contribution in [0.3, 0.4) is 0 Å². The molecule has 13 nitrogen and oxygen atoms in total. The third kappa shape index (κ3) is 26.9. The maximum Gasteiger partial charge on any atom is 0.234 e. The third-order valence-corrected chi connectivity index (χ3v) is 10.1. The van der Waals surface area contributed by atoms with Crippen molar-refractivity contribution in [2.75, 3.05) is 12.3 Å². The van der Waals surface area contributed by atoms with Crippen LogP contribution >= 0.6 is 0 Å². The summed E-state index contributed by atoms with van der Waals surface area (Å²) in [4.78, 5) is 46.3. The number of Topliss-reactive ketones (excluding diaryl/α,β-unsaturated/α-hetero) is 1. The Morgan fingerprint density at radius 2 is 1.32 bits per heavy atom. The molecule has 2 atom stereocenters. The van der Waals surface area contributed by atoms with Gasteiger partial charge in [0.2, 0.25) is 27.7 Å². The molecule has 0 aliphatic rings. The van der Waals surface area contributed by atoms with Crippen LogP contribution < -0.4 is 15.8 Å². The first-order chi connectivity index (χ1) is 23.8. The smallest absolute Gasteiger partial charge is 0.234 e. The van der Waals surface area contributed by atoms with Crippen molar-refractivity contribution < 1.29 is 27.6 Å². The number of nitrogens with one attached hydrogen (secondary N) is 3. The molecule has 0 saturated heterocycles. The van der Waals surface area contributed by atoms with E-state index in [4.69, 9.17) is 5.73 Å². The highest BCUT2D eigenvalue weighted by Gasteiger charge is 2.25. The summed E-state index contributed by atoms with van der Waals surface area (Å²) >= 11 is 0. The van der Waals surface area contributed by atoms with Gasteiger partial charge in [0.25, 0.3) is 0 Å². The standard InChI is InChI=1S/C19H37N5O3S.C17H32N2O3/c1-2-28(26,27)22-19(25)17-15-13-11-9-7-5-3-4-6-8-10-12-14-16-18-20-23-24-21-18;1-5-8-16(21)19-10-7-6-9-13(4)15(20)11-14(12(2)3)17(18)22/h2-17H2,1H3,(H,22,25)(H,20,21,23,24);12-14H,5-11H2,1-4H3,(H2,18,22)(H,19,21)/t;13-,14-/m.0/s1. The van der Waals surface area contributed by atoms with Gasteiger partial charge in [0.1, 0.15) is 5.78 Å². The van der Waals surface area contributed by atoms with Gasteiger partial charge in [-0.1, -0.05) is 110 Å². The first kappa shape index (κ1) is 47.1. The molecule has 50 heavy (non-hydrogen) atoms. The van der Waals surface area contributed by atoms with Crippen molar-refractivity contribution in [3.8, 4) is 0 Å². The number of nitrogens with zero attached hydrogens (tertiary/aromatic N) is 3. The Balaban J connectivity index is 0.000000991. The van der Waals surface area contributed by atoms with E-state index in [1.165, 1.54) is 64.7 Å². The number of unbranched alkanes of at least 4 members (excludes halogenated alkanes) is 13. The van der Waals surface area contributed by atoms with Crippen LogP contribution in [-0.2, 0) is 35.6 Å². The Hall–Kier alpha value is -2.90. The summed E-state index contributed by atoms with van der Waals surface area (Å²) in [5.74, 6) is -0.170. The average molecular weight is 728 g/mol. The van der Waals surface area contributed by atoms with E-state index in [0.717, 1.165) is 63.6 Å². The van der Waals surface area contributed by atoms with Crippen molar-refractivity contribution in [2.24, 2.45) is 23.5 Å². The van der Waals surface area contributed by atoms with Crippen LogP contribution in [0.2, 0.25) is 0 Å². The molecule has 0 aliphatic heterocycles. The monoisotopic (exact) mass is 728 g/mol. The van der Waals surface area contributed by atoms with E-state index in [1.54, 1.807) is 0 Å². The van der Waals surface area contributed by atoms with Crippen molar-refractivity contribution in [1.29, 1.82) is 0 Å². The number of rotatable bonds is 30. The molecule has 0 aromatic carbocycles. The van der Waals surface area contributed by atoms with Crippen molar-refractivity contribution in [1.82, 2.24) is 30.7 Å². The Morgan fingerprint density at radius 1 is 0.760 bits per heavy atom. The van der Waals surface area contributed by atoms with Gasteiger partial charge in [-0.2, -0.15) is 5.21 Å². The van der Waals surface area contributed by atoms with Crippen molar-refractivity contribution in [3.63, 3.8) is 0 Å². The number of H-pyrrole nitrogens is 1. The lowest BCUT2D eigenvalue weighted by atomic mass is 9.86. The Bertz CT molecular complexity index is 1150. The number of amides is 3. The van der Waals surface area contributed by atoms with Gasteiger partial charge in [-0.25, -0.2) is 8.42 Å². The van der Waals surface area contributed by atoms with Crippen LogP contribution in [0.25, 0.3) is 0 Å². The number of aryl methyl sites for hydroxylation is 1. The molecule has 14 heteroatoms. The number of aromatic nitrogens is 4. The lowest BCUT2D eigenvalue weighted by molar-refractivity contribution is -0.130. The van der Waals surface area contributed by atoms with Gasteiger partial charge < -0.3 is 11.1 Å². The second-order valence-corrected chi connectivity index (χ2v) is 15.8. The highest BCUT2D eigenvalue weighted by atomic mass is 32.2. The summed E-state index contributed by atoms with van der Waals surface area (Å²) < 4.78 is 24.6. The molecule has 0 bridgehead atoms. The topological polar surface area (TPSA) is 207 Å². The van der Waals surface area contributed by atoms with E-state index >= 15 is 0 Å². The highest BCUT2D eigenvalue weighted by Crippen LogP contribution is 2.20. The maximum absolute atomic E-state index is 12.1. The number of carbonyl (C=O) groups excluding carboxylic acids is 4. The molecule has 0 fully saturated rings. The van der Waals surface area contributed by atoms with Gasteiger partial charge in [-0.3, -0.25) is 23.9 Å². The Morgan fingerprint density at radius 3 is 1.80 bits per heavy atom. The van der Waals surface area contributed by atoms with Crippen molar-refractivity contribution in [2.45, 2.75) is 169 Å². The fourth-order valence-electron chi connectivity index (χ4n) is 5.46. The van der Waals surface area contributed by atoms with E-state index in [1.807, 2.05) is 27.7 Å². The van der Waals surface area contributed by atoms with Gasteiger partial charge in [0.15, 0.2) is 5.82 Å². The molecule has 3 amide bonds. The van der Waals surface area contributed by atoms with E-state index < -0.39 is 15.9 Å². The van der Waals surface area contributed by atoms with E-state index in [2.05, 4.69) is 30.7 Å². The molecule has 1 aromatic rings. The second kappa shape index (κ2) is 29.8. The summed E-state index contributed by atoms with van der Waals surface area (Å²) in [7, 11) is -3.41. The van der Waals surface area contributed by atoms with E-state index in [9.17, 15) is 27.6 Å². The number of nitrogens with two attached hydrogens (primary N) is 1. The molecule has 290 valence electrons. The van der Waals surface area contributed by atoms with Crippen molar-refractivity contribution >= 4 is 33.5 Å². The second-order valence-electron chi connectivity index (χ2n) is 13.8. The fourth-order valence-corrected chi connectivity index (χ4v) is 6.05. The first-order valence-electron chi connectivity index (χ1n) is 19.2. The number of aromatic amines is 1. The number of hydrogen-bond donors (Lipinski definition) is 4. The zero-order valence-corrected chi connectivity index (χ0v) is 32.6. The number of hydrogen-bond acceptors (Lipinski definition) is 9. The lowest BCUT2D eigenvalue weighted by Crippen LogP contribution is -2.31. The van der Waals surface area contributed by atoms with E-state index in [0.29, 0.717) is 19.4 Å². The van der Waals surface area contributed by atoms with Crippen LogP contribution in [0.4, 0.5) is 0 Å². The normalized spacial score (nSPS) is 12.5. The maximum atomic E-state index is 12.1. The van der Waals surface area contributed by atoms with Crippen LogP contribution in [0.5, 0.6) is 0 Å². The van der Waals surface area contributed by atoms with Gasteiger partial charge >= 0.3 is 0 Å². The molecular weight excluding hydrogens is 659 g/mol. The van der Waals surface area contributed by atoms with Gasteiger partial charge in [0, 0.05) is 44.1 Å². The highest BCUT2D eigenvalue weighted by molar-refractivity contribution is 7.90. The van der Waals surface area contributed by atoms with Gasteiger partial charge in [-0.05, 0) is 44.9 Å². The summed E-state index contributed by atoms with van der Waals surface area (Å²) in [5, 5.41) is 16.8. The Kier molecular flexibility index (Phi) is 28.1. The zero-order chi connectivity index (χ0) is 37.6. The molecule has 1 aromatic heterocycles. The third-order valence-electron chi connectivity index (χ3n) is 8.85. The zero-order valence-electron chi connectivity index (χ0n) is 31.8. The number of primary amides is 1. The predicted molar refractivity (Wildman–Crippen MR) is 198 cm³/mol. The minimum atomic E-state index is -3.41. The Labute approximate surface area is 302 Å².